The fraction of sp³-hybridized carbons (Fsp3) is 0.533. The largest absolute Gasteiger partial charge is 0.382 e. The summed E-state index contributed by atoms with van der Waals surface area (Å²) in [5, 5.41) is 0. The van der Waals surface area contributed by atoms with Gasteiger partial charge in [-0.3, -0.25) is 9.20 Å². The van der Waals surface area contributed by atoms with Gasteiger partial charge < -0.3 is 10.6 Å². The van der Waals surface area contributed by atoms with Gasteiger partial charge in [0.2, 0.25) is 5.91 Å². The van der Waals surface area contributed by atoms with Gasteiger partial charge in [-0.1, -0.05) is 0 Å². The summed E-state index contributed by atoms with van der Waals surface area (Å²) in [6, 6.07) is 0.452. The molecule has 0 unspecified atom stereocenters. The molecule has 2 aliphatic heterocycles. The number of nitrogens with zero attached hydrogens (tertiary/aromatic N) is 4. The quantitative estimate of drug-likeness (QED) is 0.861. The predicted octanol–water partition coefficient (Wildman–Crippen LogP) is 1.49. The van der Waals surface area contributed by atoms with Gasteiger partial charge >= 0.3 is 0 Å². The van der Waals surface area contributed by atoms with E-state index in [0.717, 1.165) is 42.8 Å². The molecule has 0 aromatic carbocycles. The highest BCUT2D eigenvalue weighted by atomic mass is 16.2. The van der Waals surface area contributed by atoms with Crippen molar-refractivity contribution in [1.82, 2.24) is 19.3 Å². The Balaban J connectivity index is 1.74. The fourth-order valence-electron chi connectivity index (χ4n) is 3.77. The zero-order valence-electron chi connectivity index (χ0n) is 12.1. The SMILES string of the molecule is Cc1cnc(N)c2cnc([C@@H]3CC[C@H]4CCC(=O)N4C3)n12. The molecule has 0 spiro atoms. The normalized spacial score (nSPS) is 25.6. The number of fused-ring (bicyclic) bond motifs is 2. The van der Waals surface area contributed by atoms with Gasteiger partial charge in [-0.2, -0.15) is 0 Å². The lowest BCUT2D eigenvalue weighted by atomic mass is 9.92. The Morgan fingerprint density at radius 1 is 1.24 bits per heavy atom. The molecule has 0 saturated carbocycles. The molecule has 110 valence electrons. The van der Waals surface area contributed by atoms with Crippen LogP contribution in [0.4, 0.5) is 5.82 Å². The molecular formula is C15H19N5O. The molecule has 0 aliphatic carbocycles. The Bertz CT molecular complexity index is 722. The van der Waals surface area contributed by atoms with Crippen LogP contribution < -0.4 is 5.73 Å². The number of rotatable bonds is 1. The van der Waals surface area contributed by atoms with Gasteiger partial charge in [-0.15, -0.1) is 0 Å². The van der Waals surface area contributed by atoms with Crippen LogP contribution in [0.1, 0.15) is 43.1 Å². The molecule has 6 nitrogen and oxygen atoms in total. The van der Waals surface area contributed by atoms with E-state index in [4.69, 9.17) is 5.73 Å². The van der Waals surface area contributed by atoms with Crippen LogP contribution in [0.2, 0.25) is 0 Å². The van der Waals surface area contributed by atoms with Crippen molar-refractivity contribution in [3.63, 3.8) is 0 Å². The first kappa shape index (κ1) is 12.6. The second-order valence-corrected chi connectivity index (χ2v) is 6.13. The number of amides is 1. The number of hydrogen-bond donors (Lipinski definition) is 1. The van der Waals surface area contributed by atoms with Gasteiger partial charge in [0, 0.05) is 36.8 Å². The van der Waals surface area contributed by atoms with E-state index >= 15 is 0 Å². The Hall–Kier alpha value is -2.11. The Morgan fingerprint density at radius 3 is 2.95 bits per heavy atom. The standard InChI is InChI=1S/C15H19N5O/c1-9-6-17-14(16)12-7-18-15(20(9)12)10-2-3-11-4-5-13(21)19(11)8-10/h6-7,10-11H,2-5,8H2,1H3,(H2,16,17)/t10-,11+/m1/s1. The lowest BCUT2D eigenvalue weighted by Crippen LogP contribution is -2.41. The number of imidazole rings is 1. The molecule has 1 amide bonds. The average molecular weight is 285 g/mol. The Kier molecular flexibility index (Phi) is 2.67. The number of carbonyl (C=O) groups is 1. The third-order valence-corrected chi connectivity index (χ3v) is 4.88. The molecule has 2 aliphatic rings. The maximum absolute atomic E-state index is 12.0. The Morgan fingerprint density at radius 2 is 2.10 bits per heavy atom. The van der Waals surface area contributed by atoms with E-state index in [-0.39, 0.29) is 5.92 Å². The topological polar surface area (TPSA) is 76.5 Å². The van der Waals surface area contributed by atoms with Crippen LogP contribution in [0, 0.1) is 6.92 Å². The van der Waals surface area contributed by atoms with E-state index in [0.29, 0.717) is 24.2 Å². The summed E-state index contributed by atoms with van der Waals surface area (Å²) >= 11 is 0. The number of piperidine rings is 1. The van der Waals surface area contributed by atoms with Crippen LogP contribution in [-0.2, 0) is 4.79 Å². The summed E-state index contributed by atoms with van der Waals surface area (Å²) in [4.78, 5) is 22.8. The molecule has 2 atom stereocenters. The number of aromatic nitrogens is 3. The molecule has 4 heterocycles. The number of aryl methyl sites for hydroxylation is 1. The molecule has 21 heavy (non-hydrogen) atoms. The maximum atomic E-state index is 12.0. The first-order valence-electron chi connectivity index (χ1n) is 7.53. The van der Waals surface area contributed by atoms with Crippen LogP contribution in [0.15, 0.2) is 12.4 Å². The highest BCUT2D eigenvalue weighted by Crippen LogP contribution is 2.35. The number of carbonyl (C=O) groups excluding carboxylic acids is 1. The van der Waals surface area contributed by atoms with Crippen molar-refractivity contribution in [1.29, 1.82) is 0 Å². The van der Waals surface area contributed by atoms with Crippen LogP contribution in [0.25, 0.3) is 5.52 Å². The summed E-state index contributed by atoms with van der Waals surface area (Å²) in [5.41, 5.74) is 7.83. The van der Waals surface area contributed by atoms with Crippen LogP contribution in [-0.4, -0.2) is 37.8 Å². The van der Waals surface area contributed by atoms with Crippen LogP contribution in [0.3, 0.4) is 0 Å². The van der Waals surface area contributed by atoms with E-state index in [1.807, 2.05) is 6.92 Å². The van der Waals surface area contributed by atoms with Crippen LogP contribution >= 0.6 is 0 Å². The lowest BCUT2D eigenvalue weighted by Gasteiger charge is -2.34. The third kappa shape index (κ3) is 1.81. The average Bonchev–Trinajstić information content (AvgIpc) is 3.08. The summed E-state index contributed by atoms with van der Waals surface area (Å²) in [7, 11) is 0. The van der Waals surface area contributed by atoms with Gasteiger partial charge in [0.05, 0.1) is 6.20 Å². The van der Waals surface area contributed by atoms with Gasteiger partial charge in [0.1, 0.15) is 17.2 Å². The molecule has 0 bridgehead atoms. The van der Waals surface area contributed by atoms with Crippen molar-refractivity contribution in [2.45, 2.75) is 44.6 Å². The molecule has 2 saturated heterocycles. The van der Waals surface area contributed by atoms with E-state index in [9.17, 15) is 4.79 Å². The first-order valence-corrected chi connectivity index (χ1v) is 7.53. The smallest absolute Gasteiger partial charge is 0.222 e. The summed E-state index contributed by atoms with van der Waals surface area (Å²) in [6.07, 6.45) is 7.45. The minimum Gasteiger partial charge on any atom is -0.382 e. The third-order valence-electron chi connectivity index (χ3n) is 4.88. The molecule has 2 aromatic heterocycles. The van der Waals surface area contributed by atoms with Crippen molar-refractivity contribution in [2.75, 3.05) is 12.3 Å². The minimum absolute atomic E-state index is 0.284. The van der Waals surface area contributed by atoms with Gasteiger partial charge in [0.15, 0.2) is 0 Å². The second-order valence-electron chi connectivity index (χ2n) is 6.13. The van der Waals surface area contributed by atoms with Gasteiger partial charge in [-0.05, 0) is 26.2 Å². The van der Waals surface area contributed by atoms with Crippen molar-refractivity contribution < 1.29 is 4.79 Å². The molecule has 0 radical (unpaired) electrons. The van der Waals surface area contributed by atoms with E-state index in [2.05, 4.69) is 19.3 Å². The first-order chi connectivity index (χ1) is 10.1. The number of nitrogen functional groups attached to an aromatic ring is 1. The highest BCUT2D eigenvalue weighted by Gasteiger charge is 2.37. The molecule has 4 rings (SSSR count). The van der Waals surface area contributed by atoms with E-state index in [1.54, 1.807) is 12.4 Å². The number of anilines is 1. The monoisotopic (exact) mass is 285 g/mol. The number of nitrogens with two attached hydrogens (primary N) is 1. The summed E-state index contributed by atoms with van der Waals surface area (Å²) < 4.78 is 2.09. The molecule has 2 fully saturated rings. The summed E-state index contributed by atoms with van der Waals surface area (Å²) in [5.74, 6) is 2.09. The molecular weight excluding hydrogens is 266 g/mol. The molecule has 2 aromatic rings. The maximum Gasteiger partial charge on any atom is 0.222 e. The lowest BCUT2D eigenvalue weighted by molar-refractivity contribution is -0.130. The van der Waals surface area contributed by atoms with Crippen molar-refractivity contribution >= 4 is 17.2 Å². The zero-order chi connectivity index (χ0) is 14.6. The van der Waals surface area contributed by atoms with E-state index in [1.165, 1.54) is 0 Å². The second kappa shape index (κ2) is 4.44. The van der Waals surface area contributed by atoms with Crippen molar-refractivity contribution in [2.24, 2.45) is 0 Å². The highest BCUT2D eigenvalue weighted by molar-refractivity contribution is 5.79. The van der Waals surface area contributed by atoms with Gasteiger partial charge in [0.25, 0.3) is 0 Å². The Labute approximate surface area is 123 Å². The zero-order valence-corrected chi connectivity index (χ0v) is 12.1. The fourth-order valence-corrected chi connectivity index (χ4v) is 3.77. The van der Waals surface area contributed by atoms with Gasteiger partial charge in [-0.25, -0.2) is 9.97 Å². The minimum atomic E-state index is 0.284. The molecule has 6 heteroatoms. The summed E-state index contributed by atoms with van der Waals surface area (Å²) in [6.45, 7) is 2.79. The van der Waals surface area contributed by atoms with E-state index < -0.39 is 0 Å². The van der Waals surface area contributed by atoms with Crippen LogP contribution in [0.5, 0.6) is 0 Å². The predicted molar refractivity (Wildman–Crippen MR) is 78.8 cm³/mol. The van der Waals surface area contributed by atoms with Crippen molar-refractivity contribution in [3.8, 4) is 0 Å². The number of hydrogen-bond acceptors (Lipinski definition) is 4. The molecule has 2 N–H and O–H groups in total. The van der Waals surface area contributed by atoms with Crippen molar-refractivity contribution in [3.05, 3.63) is 23.9 Å².